The molecule has 1 heterocycles. The highest BCUT2D eigenvalue weighted by Crippen LogP contribution is 2.29. The summed E-state index contributed by atoms with van der Waals surface area (Å²) in [7, 11) is 0. The molecule has 0 bridgehead atoms. The largest absolute Gasteiger partial charge is 0.322 e. The van der Waals surface area contributed by atoms with E-state index in [1.165, 1.54) is 11.1 Å². The van der Waals surface area contributed by atoms with Gasteiger partial charge in [0.15, 0.2) is 0 Å². The smallest absolute Gasteiger partial charge is 0.256 e. The van der Waals surface area contributed by atoms with E-state index in [2.05, 4.69) is 37.5 Å². The highest BCUT2D eigenvalue weighted by molar-refractivity contribution is 6.31. The van der Waals surface area contributed by atoms with E-state index in [1.54, 1.807) is 6.07 Å². The van der Waals surface area contributed by atoms with Gasteiger partial charge in [-0.2, -0.15) is 0 Å². The maximum absolute atomic E-state index is 12.7. The second kappa shape index (κ2) is 5.99. The summed E-state index contributed by atoms with van der Waals surface area (Å²) in [6, 6.07) is 11.6. The lowest BCUT2D eigenvalue weighted by Gasteiger charge is -2.22. The number of rotatable bonds is 2. The summed E-state index contributed by atoms with van der Waals surface area (Å²) < 4.78 is 0. The first-order valence-corrected chi connectivity index (χ1v) is 8.16. The van der Waals surface area contributed by atoms with Crippen LogP contribution in [-0.4, -0.2) is 5.91 Å². The van der Waals surface area contributed by atoms with E-state index in [4.69, 9.17) is 11.6 Å². The van der Waals surface area contributed by atoms with Gasteiger partial charge in [-0.15, -0.1) is 0 Å². The van der Waals surface area contributed by atoms with E-state index in [0.29, 0.717) is 10.6 Å². The molecule has 0 fully saturated rings. The van der Waals surface area contributed by atoms with Gasteiger partial charge in [-0.3, -0.25) is 4.79 Å². The Hall–Kier alpha value is -1.84. The average molecular weight is 329 g/mol. The molecule has 0 unspecified atom stereocenters. The Morgan fingerprint density at radius 2 is 1.83 bits per heavy atom. The van der Waals surface area contributed by atoms with Gasteiger partial charge >= 0.3 is 0 Å². The predicted octanol–water partition coefficient (Wildman–Crippen LogP) is 4.49. The van der Waals surface area contributed by atoms with E-state index in [1.807, 2.05) is 24.3 Å². The Balaban J connectivity index is 1.90. The zero-order valence-electron chi connectivity index (χ0n) is 13.7. The van der Waals surface area contributed by atoms with Crippen LogP contribution in [-0.2, 0) is 18.5 Å². The van der Waals surface area contributed by atoms with Crippen LogP contribution < -0.4 is 10.6 Å². The van der Waals surface area contributed by atoms with Gasteiger partial charge in [0.1, 0.15) is 0 Å². The quantitative estimate of drug-likeness (QED) is 0.852. The Morgan fingerprint density at radius 1 is 1.09 bits per heavy atom. The minimum Gasteiger partial charge on any atom is -0.322 e. The number of anilines is 1. The highest BCUT2D eigenvalue weighted by atomic mass is 35.5. The van der Waals surface area contributed by atoms with Crippen molar-refractivity contribution in [3.8, 4) is 0 Å². The molecule has 120 valence electrons. The molecule has 1 amide bonds. The Bertz CT molecular complexity index is 762. The number of carbonyl (C=O) groups is 1. The van der Waals surface area contributed by atoms with Gasteiger partial charge in [-0.25, -0.2) is 0 Å². The molecule has 0 spiro atoms. The molecule has 23 heavy (non-hydrogen) atoms. The maximum atomic E-state index is 12.7. The third-order valence-corrected chi connectivity index (χ3v) is 4.36. The van der Waals surface area contributed by atoms with Gasteiger partial charge in [0.2, 0.25) is 0 Å². The minimum absolute atomic E-state index is 0.122. The molecule has 0 aromatic heterocycles. The standard InChI is InChI=1S/C19H21ClN2O/c1-19(2,3)17-7-5-14(20)9-16(17)18(23)22-15-6-4-12-10-21-11-13(12)8-15/h4-9,21H,10-11H2,1-3H3,(H,22,23). The number of amides is 1. The van der Waals surface area contributed by atoms with Crippen LogP contribution in [0.5, 0.6) is 0 Å². The van der Waals surface area contributed by atoms with Crippen LogP contribution in [0.15, 0.2) is 36.4 Å². The van der Waals surface area contributed by atoms with Crippen molar-refractivity contribution in [2.24, 2.45) is 0 Å². The Kier molecular flexibility index (Phi) is 4.17. The second-order valence-corrected chi connectivity index (χ2v) is 7.42. The zero-order chi connectivity index (χ0) is 16.6. The van der Waals surface area contributed by atoms with Crippen LogP contribution in [0.1, 0.15) is 47.8 Å². The molecule has 3 rings (SSSR count). The van der Waals surface area contributed by atoms with E-state index >= 15 is 0 Å². The van der Waals surface area contributed by atoms with Crippen molar-refractivity contribution in [2.75, 3.05) is 5.32 Å². The first kappa shape index (κ1) is 16.0. The van der Waals surface area contributed by atoms with Gasteiger partial charge in [0.05, 0.1) is 0 Å². The fourth-order valence-electron chi connectivity index (χ4n) is 2.93. The number of carbonyl (C=O) groups excluding carboxylic acids is 1. The third kappa shape index (κ3) is 3.41. The molecule has 3 nitrogen and oxygen atoms in total. The molecule has 1 aliphatic heterocycles. The van der Waals surface area contributed by atoms with Gasteiger partial charge in [-0.05, 0) is 46.4 Å². The minimum atomic E-state index is -0.126. The summed E-state index contributed by atoms with van der Waals surface area (Å²) in [5.74, 6) is -0.122. The van der Waals surface area contributed by atoms with Crippen molar-refractivity contribution in [3.63, 3.8) is 0 Å². The fourth-order valence-corrected chi connectivity index (χ4v) is 3.10. The van der Waals surface area contributed by atoms with Crippen molar-refractivity contribution in [1.29, 1.82) is 0 Å². The molecular formula is C19H21ClN2O. The summed E-state index contributed by atoms with van der Waals surface area (Å²) in [6.07, 6.45) is 0. The molecule has 2 N–H and O–H groups in total. The van der Waals surface area contributed by atoms with Crippen LogP contribution >= 0.6 is 11.6 Å². The molecule has 0 atom stereocenters. The Morgan fingerprint density at radius 3 is 2.57 bits per heavy atom. The molecule has 0 saturated heterocycles. The third-order valence-electron chi connectivity index (χ3n) is 4.13. The topological polar surface area (TPSA) is 41.1 Å². The normalized spacial score (nSPS) is 13.7. The van der Waals surface area contributed by atoms with Crippen molar-refractivity contribution >= 4 is 23.2 Å². The van der Waals surface area contributed by atoms with E-state index in [-0.39, 0.29) is 11.3 Å². The maximum Gasteiger partial charge on any atom is 0.256 e. The number of benzene rings is 2. The summed E-state index contributed by atoms with van der Waals surface area (Å²) in [4.78, 5) is 12.7. The average Bonchev–Trinajstić information content (AvgIpc) is 2.93. The van der Waals surface area contributed by atoms with Crippen LogP contribution in [0, 0.1) is 0 Å². The molecule has 0 radical (unpaired) electrons. The van der Waals surface area contributed by atoms with E-state index in [0.717, 1.165) is 24.3 Å². The fraction of sp³-hybridized carbons (Fsp3) is 0.316. The van der Waals surface area contributed by atoms with Crippen LogP contribution in [0.3, 0.4) is 0 Å². The van der Waals surface area contributed by atoms with Crippen molar-refractivity contribution in [1.82, 2.24) is 5.32 Å². The highest BCUT2D eigenvalue weighted by Gasteiger charge is 2.22. The molecule has 4 heteroatoms. The molecule has 2 aromatic carbocycles. The molecule has 2 aromatic rings. The van der Waals surface area contributed by atoms with Crippen LogP contribution in [0.2, 0.25) is 5.02 Å². The first-order chi connectivity index (χ1) is 10.8. The van der Waals surface area contributed by atoms with Crippen molar-refractivity contribution in [2.45, 2.75) is 39.3 Å². The number of nitrogens with one attached hydrogen (secondary N) is 2. The lowest BCUT2D eigenvalue weighted by Crippen LogP contribution is -2.21. The lowest BCUT2D eigenvalue weighted by atomic mass is 9.83. The number of hydrogen-bond acceptors (Lipinski definition) is 2. The van der Waals surface area contributed by atoms with E-state index in [9.17, 15) is 4.79 Å². The molecule has 0 saturated carbocycles. The monoisotopic (exact) mass is 328 g/mol. The van der Waals surface area contributed by atoms with Crippen LogP contribution in [0.4, 0.5) is 5.69 Å². The second-order valence-electron chi connectivity index (χ2n) is 6.98. The van der Waals surface area contributed by atoms with Crippen molar-refractivity contribution < 1.29 is 4.79 Å². The summed E-state index contributed by atoms with van der Waals surface area (Å²) in [5, 5.41) is 6.88. The Labute approximate surface area is 142 Å². The number of hydrogen-bond donors (Lipinski definition) is 2. The summed E-state index contributed by atoms with van der Waals surface area (Å²) >= 11 is 6.10. The molecule has 0 aliphatic carbocycles. The number of fused-ring (bicyclic) bond motifs is 1. The van der Waals surface area contributed by atoms with Gasteiger partial charge in [-0.1, -0.05) is 44.5 Å². The van der Waals surface area contributed by atoms with Gasteiger partial charge in [0, 0.05) is 29.4 Å². The van der Waals surface area contributed by atoms with Gasteiger partial charge in [0.25, 0.3) is 5.91 Å². The zero-order valence-corrected chi connectivity index (χ0v) is 14.4. The molecular weight excluding hydrogens is 308 g/mol. The summed E-state index contributed by atoms with van der Waals surface area (Å²) in [5.41, 5.74) is 4.84. The first-order valence-electron chi connectivity index (χ1n) is 7.78. The van der Waals surface area contributed by atoms with Gasteiger partial charge < -0.3 is 10.6 Å². The molecule has 1 aliphatic rings. The predicted molar refractivity (Wildman–Crippen MR) is 95.1 cm³/mol. The van der Waals surface area contributed by atoms with Crippen LogP contribution in [0.25, 0.3) is 0 Å². The lowest BCUT2D eigenvalue weighted by molar-refractivity contribution is 0.102. The summed E-state index contributed by atoms with van der Waals surface area (Å²) in [6.45, 7) is 8.02. The SMILES string of the molecule is CC(C)(C)c1ccc(Cl)cc1C(=O)Nc1ccc2c(c1)CNC2. The van der Waals surface area contributed by atoms with Crippen molar-refractivity contribution in [3.05, 3.63) is 63.7 Å². The number of halogens is 1. The van der Waals surface area contributed by atoms with E-state index < -0.39 is 0 Å².